The van der Waals surface area contributed by atoms with E-state index in [1.54, 1.807) is 0 Å². The third-order valence-corrected chi connectivity index (χ3v) is 3.34. The molecule has 0 saturated carbocycles. The van der Waals surface area contributed by atoms with Crippen molar-refractivity contribution in [1.82, 2.24) is 4.90 Å². The van der Waals surface area contributed by atoms with Crippen LogP contribution < -0.4 is 0 Å². The second-order valence-electron chi connectivity index (χ2n) is 4.58. The van der Waals surface area contributed by atoms with E-state index in [0.29, 0.717) is 5.92 Å². The van der Waals surface area contributed by atoms with Crippen LogP contribution in [0.2, 0.25) is 0 Å². The molecule has 0 aromatic heterocycles. The van der Waals surface area contributed by atoms with E-state index in [9.17, 15) is 0 Å². The fourth-order valence-corrected chi connectivity index (χ4v) is 2.41. The molecule has 84 valence electrons. The molecule has 2 nitrogen and oxygen atoms in total. The van der Waals surface area contributed by atoms with Gasteiger partial charge in [0.05, 0.1) is 0 Å². The second-order valence-corrected chi connectivity index (χ2v) is 4.58. The van der Waals surface area contributed by atoms with E-state index < -0.39 is 0 Å². The summed E-state index contributed by atoms with van der Waals surface area (Å²) in [5.74, 6) is 0.702. The van der Waals surface area contributed by atoms with Crippen LogP contribution in [0.1, 0.15) is 24.8 Å². The predicted molar refractivity (Wildman–Crippen MR) is 64.7 cm³/mol. The van der Waals surface area contributed by atoms with Crippen LogP contribution in [-0.4, -0.2) is 18.0 Å². The maximum Gasteiger partial charge on any atom is 0.179 e. The molecule has 0 N–H and O–H groups in total. The van der Waals surface area contributed by atoms with Gasteiger partial charge in [0.15, 0.2) is 6.19 Å². The lowest BCUT2D eigenvalue weighted by molar-refractivity contribution is 0.234. The normalized spacial score (nSPS) is 20.4. The van der Waals surface area contributed by atoms with Gasteiger partial charge in [0.25, 0.3) is 0 Å². The van der Waals surface area contributed by atoms with Gasteiger partial charge in [-0.3, -0.25) is 0 Å². The first-order valence-corrected chi connectivity index (χ1v) is 6.07. The van der Waals surface area contributed by atoms with Crippen molar-refractivity contribution in [2.24, 2.45) is 5.92 Å². The van der Waals surface area contributed by atoms with Crippen LogP contribution in [0.4, 0.5) is 0 Å². The zero-order valence-corrected chi connectivity index (χ0v) is 9.60. The fourth-order valence-electron chi connectivity index (χ4n) is 2.41. The lowest BCUT2D eigenvalue weighted by Gasteiger charge is -2.28. The molecule has 1 fully saturated rings. The van der Waals surface area contributed by atoms with Crippen LogP contribution in [0, 0.1) is 17.4 Å². The topological polar surface area (TPSA) is 27.0 Å². The average Bonchev–Trinajstić information content (AvgIpc) is 2.38. The van der Waals surface area contributed by atoms with E-state index in [0.717, 1.165) is 19.5 Å². The quantitative estimate of drug-likeness (QED) is 0.723. The fraction of sp³-hybridized carbons (Fsp3) is 0.500. The third kappa shape index (κ3) is 3.00. The number of likely N-dealkylation sites (tertiary alicyclic amines) is 1. The molecule has 0 radical (unpaired) electrons. The van der Waals surface area contributed by atoms with Gasteiger partial charge < -0.3 is 4.90 Å². The summed E-state index contributed by atoms with van der Waals surface area (Å²) in [4.78, 5) is 1.90. The first-order valence-electron chi connectivity index (χ1n) is 6.07. The van der Waals surface area contributed by atoms with Crippen LogP contribution in [0.3, 0.4) is 0 Å². The Bertz CT molecular complexity index is 353. The molecule has 0 bridgehead atoms. The van der Waals surface area contributed by atoms with E-state index >= 15 is 0 Å². The lowest BCUT2D eigenvalue weighted by Crippen LogP contribution is -2.31. The van der Waals surface area contributed by atoms with Gasteiger partial charge in [-0.25, -0.2) is 0 Å². The highest BCUT2D eigenvalue weighted by molar-refractivity contribution is 5.14. The van der Waals surface area contributed by atoms with E-state index in [-0.39, 0.29) is 0 Å². The Balaban J connectivity index is 1.80. The molecule has 1 heterocycles. The number of hydrogen-bond acceptors (Lipinski definition) is 2. The summed E-state index contributed by atoms with van der Waals surface area (Å²) in [5.41, 5.74) is 1.41. The number of nitrogens with zero attached hydrogens (tertiary/aromatic N) is 2. The van der Waals surface area contributed by atoms with Gasteiger partial charge in [-0.2, -0.15) is 5.26 Å². The molecule has 16 heavy (non-hydrogen) atoms. The van der Waals surface area contributed by atoms with Crippen LogP contribution >= 0.6 is 0 Å². The van der Waals surface area contributed by atoms with Gasteiger partial charge >= 0.3 is 0 Å². The number of rotatable bonds is 3. The highest BCUT2D eigenvalue weighted by atomic mass is 15.1. The van der Waals surface area contributed by atoms with Crippen molar-refractivity contribution in [2.75, 3.05) is 13.1 Å². The minimum absolute atomic E-state index is 0.702. The van der Waals surface area contributed by atoms with Crippen molar-refractivity contribution < 1.29 is 0 Å². The van der Waals surface area contributed by atoms with Crippen molar-refractivity contribution in [3.8, 4) is 6.19 Å². The number of benzene rings is 1. The van der Waals surface area contributed by atoms with Gasteiger partial charge in [0.2, 0.25) is 0 Å². The Morgan fingerprint density at radius 1 is 1.31 bits per heavy atom. The molecule has 1 aliphatic rings. The Labute approximate surface area is 97.5 Å². The molecule has 1 atom stereocenters. The second kappa shape index (κ2) is 5.55. The third-order valence-electron chi connectivity index (χ3n) is 3.34. The Morgan fingerprint density at radius 3 is 2.88 bits per heavy atom. The van der Waals surface area contributed by atoms with E-state index in [4.69, 9.17) is 5.26 Å². The first kappa shape index (κ1) is 11.0. The summed E-state index contributed by atoms with van der Waals surface area (Å²) in [6.07, 6.45) is 7.08. The number of piperidine rings is 1. The molecule has 0 amide bonds. The van der Waals surface area contributed by atoms with Crippen LogP contribution in [0.5, 0.6) is 0 Å². The molecule has 1 aromatic rings. The molecule has 2 rings (SSSR count). The molecular formula is C14H18N2. The van der Waals surface area contributed by atoms with Crippen molar-refractivity contribution >= 4 is 0 Å². The minimum atomic E-state index is 0.702. The largest absolute Gasteiger partial charge is 0.310 e. The molecule has 1 aliphatic heterocycles. The maximum atomic E-state index is 8.87. The SMILES string of the molecule is N#CN1CCCC(CCc2ccccc2)C1. The zero-order chi connectivity index (χ0) is 11.2. The van der Waals surface area contributed by atoms with Crippen LogP contribution in [0.25, 0.3) is 0 Å². The van der Waals surface area contributed by atoms with E-state index in [1.165, 1.54) is 24.8 Å². The standard InChI is InChI=1S/C14H18N2/c15-12-16-10-4-7-14(11-16)9-8-13-5-2-1-3-6-13/h1-3,5-6,14H,4,7-11H2. The highest BCUT2D eigenvalue weighted by Gasteiger charge is 2.18. The molecule has 1 aromatic carbocycles. The molecule has 2 heteroatoms. The lowest BCUT2D eigenvalue weighted by atomic mass is 9.92. The van der Waals surface area contributed by atoms with Crippen molar-refractivity contribution in [2.45, 2.75) is 25.7 Å². The maximum absolute atomic E-state index is 8.87. The number of hydrogen-bond donors (Lipinski definition) is 0. The molecule has 0 aliphatic carbocycles. The zero-order valence-electron chi connectivity index (χ0n) is 9.60. The highest BCUT2D eigenvalue weighted by Crippen LogP contribution is 2.20. The smallest absolute Gasteiger partial charge is 0.179 e. The van der Waals surface area contributed by atoms with Crippen molar-refractivity contribution in [3.63, 3.8) is 0 Å². The average molecular weight is 214 g/mol. The van der Waals surface area contributed by atoms with Gasteiger partial charge in [0, 0.05) is 13.1 Å². The van der Waals surface area contributed by atoms with Crippen LogP contribution in [-0.2, 0) is 6.42 Å². The van der Waals surface area contributed by atoms with Gasteiger partial charge in [-0.15, -0.1) is 0 Å². The summed E-state index contributed by atoms with van der Waals surface area (Å²) in [5, 5.41) is 8.87. The summed E-state index contributed by atoms with van der Waals surface area (Å²) in [6, 6.07) is 10.6. The predicted octanol–water partition coefficient (Wildman–Crippen LogP) is 2.81. The van der Waals surface area contributed by atoms with E-state index in [2.05, 4.69) is 36.5 Å². The molecular weight excluding hydrogens is 196 g/mol. The van der Waals surface area contributed by atoms with Gasteiger partial charge in [0.1, 0.15) is 0 Å². The summed E-state index contributed by atoms with van der Waals surface area (Å²) in [6.45, 7) is 1.92. The molecule has 0 spiro atoms. The summed E-state index contributed by atoms with van der Waals surface area (Å²) < 4.78 is 0. The minimum Gasteiger partial charge on any atom is -0.310 e. The first-order chi connectivity index (χ1) is 7.88. The van der Waals surface area contributed by atoms with Crippen molar-refractivity contribution in [1.29, 1.82) is 5.26 Å². The Kier molecular flexibility index (Phi) is 3.82. The Hall–Kier alpha value is -1.49. The monoisotopic (exact) mass is 214 g/mol. The van der Waals surface area contributed by atoms with Crippen molar-refractivity contribution in [3.05, 3.63) is 35.9 Å². The number of aryl methyl sites for hydroxylation is 1. The Morgan fingerprint density at radius 2 is 2.12 bits per heavy atom. The van der Waals surface area contributed by atoms with E-state index in [1.807, 2.05) is 4.90 Å². The summed E-state index contributed by atoms with van der Waals surface area (Å²) >= 11 is 0. The van der Waals surface area contributed by atoms with Crippen LogP contribution in [0.15, 0.2) is 30.3 Å². The van der Waals surface area contributed by atoms with Gasteiger partial charge in [-0.05, 0) is 37.2 Å². The summed E-state index contributed by atoms with van der Waals surface area (Å²) in [7, 11) is 0. The molecule has 1 unspecified atom stereocenters. The molecule has 1 saturated heterocycles. The number of nitriles is 1. The van der Waals surface area contributed by atoms with Gasteiger partial charge in [-0.1, -0.05) is 30.3 Å².